The van der Waals surface area contributed by atoms with Crippen molar-refractivity contribution in [3.8, 4) is 0 Å². The van der Waals surface area contributed by atoms with E-state index in [1.807, 2.05) is 38.1 Å². The van der Waals surface area contributed by atoms with Crippen LogP contribution in [0.25, 0.3) is 0 Å². The molecule has 1 heterocycles. The number of nitrogens with zero attached hydrogens (tertiary/aromatic N) is 1. The first-order chi connectivity index (χ1) is 10.1. The van der Waals surface area contributed by atoms with Crippen LogP contribution in [-0.4, -0.2) is 29.9 Å². The zero-order valence-electron chi connectivity index (χ0n) is 12.9. The highest BCUT2D eigenvalue weighted by atomic mass is 35.5. The lowest BCUT2D eigenvalue weighted by molar-refractivity contribution is -0.126. The summed E-state index contributed by atoms with van der Waals surface area (Å²) in [6, 6.07) is 7.59. The predicted molar refractivity (Wildman–Crippen MR) is 87.5 cm³/mol. The molecule has 0 aliphatic carbocycles. The minimum Gasteiger partial charge on any atom is -0.348 e. The van der Waals surface area contributed by atoms with Gasteiger partial charge in [-0.2, -0.15) is 0 Å². The molecule has 1 N–H and O–H groups in total. The number of nitrogens with one attached hydrogen (secondary N) is 1. The van der Waals surface area contributed by atoms with Crippen molar-refractivity contribution in [2.45, 2.75) is 51.6 Å². The lowest BCUT2D eigenvalue weighted by atomic mass is 10.1. The molecule has 116 valence electrons. The number of halogens is 1. The van der Waals surface area contributed by atoms with Crippen molar-refractivity contribution in [2.24, 2.45) is 0 Å². The third kappa shape index (κ3) is 4.72. The van der Waals surface area contributed by atoms with Crippen LogP contribution in [-0.2, 0) is 4.79 Å². The maximum Gasteiger partial charge on any atom is 0.237 e. The Morgan fingerprint density at radius 3 is 2.24 bits per heavy atom. The van der Waals surface area contributed by atoms with E-state index in [9.17, 15) is 4.79 Å². The number of benzene rings is 1. The summed E-state index contributed by atoms with van der Waals surface area (Å²) in [5.74, 6) is 0.111. The fourth-order valence-corrected chi connectivity index (χ4v) is 2.94. The van der Waals surface area contributed by atoms with Crippen LogP contribution in [0.3, 0.4) is 0 Å². The van der Waals surface area contributed by atoms with Crippen molar-refractivity contribution in [3.63, 3.8) is 0 Å². The van der Waals surface area contributed by atoms with Crippen LogP contribution >= 0.6 is 11.6 Å². The monoisotopic (exact) mass is 308 g/mol. The second-order valence-corrected chi connectivity index (χ2v) is 6.34. The van der Waals surface area contributed by atoms with E-state index in [-0.39, 0.29) is 18.0 Å². The Labute approximate surface area is 132 Å². The maximum atomic E-state index is 12.4. The normalized spacial score (nSPS) is 19.6. The number of hydrogen-bond acceptors (Lipinski definition) is 2. The molecule has 1 aliphatic rings. The Morgan fingerprint density at radius 2 is 1.67 bits per heavy atom. The predicted octanol–water partition coefficient (Wildman–Crippen LogP) is 3.78. The highest BCUT2D eigenvalue weighted by Gasteiger charge is 2.23. The summed E-state index contributed by atoms with van der Waals surface area (Å²) in [6.07, 6.45) is 4.97. The summed E-state index contributed by atoms with van der Waals surface area (Å²) >= 11 is 5.90. The fourth-order valence-electron chi connectivity index (χ4n) is 2.82. The van der Waals surface area contributed by atoms with E-state index < -0.39 is 0 Å². The van der Waals surface area contributed by atoms with Gasteiger partial charge in [0.2, 0.25) is 5.91 Å². The van der Waals surface area contributed by atoms with Gasteiger partial charge in [-0.25, -0.2) is 0 Å². The molecular formula is C17H25ClN2O. The molecule has 0 radical (unpaired) electrons. The molecule has 1 saturated heterocycles. The average Bonchev–Trinajstić information content (AvgIpc) is 2.76. The molecule has 1 fully saturated rings. The molecule has 2 unspecified atom stereocenters. The van der Waals surface area contributed by atoms with Gasteiger partial charge < -0.3 is 5.32 Å². The van der Waals surface area contributed by atoms with Crippen LogP contribution in [0.1, 0.15) is 51.1 Å². The lowest BCUT2D eigenvalue weighted by Gasteiger charge is -2.28. The van der Waals surface area contributed by atoms with Crippen LogP contribution in [0, 0.1) is 0 Å². The fraction of sp³-hybridized carbons (Fsp3) is 0.588. The minimum atomic E-state index is -0.0575. The largest absolute Gasteiger partial charge is 0.348 e. The van der Waals surface area contributed by atoms with E-state index >= 15 is 0 Å². The number of hydrogen-bond donors (Lipinski definition) is 1. The number of amides is 1. The molecule has 1 aromatic rings. The molecular weight excluding hydrogens is 284 g/mol. The van der Waals surface area contributed by atoms with Crippen LogP contribution in [0.2, 0.25) is 5.02 Å². The van der Waals surface area contributed by atoms with Crippen molar-refractivity contribution >= 4 is 17.5 Å². The molecule has 0 aromatic heterocycles. The zero-order chi connectivity index (χ0) is 15.2. The summed E-state index contributed by atoms with van der Waals surface area (Å²) in [5, 5.41) is 3.83. The van der Waals surface area contributed by atoms with Gasteiger partial charge >= 0.3 is 0 Å². The number of likely N-dealkylation sites (tertiary alicyclic amines) is 1. The Kier molecular flexibility index (Phi) is 6.07. The molecule has 21 heavy (non-hydrogen) atoms. The van der Waals surface area contributed by atoms with Gasteiger partial charge in [0.25, 0.3) is 0 Å². The Morgan fingerprint density at radius 1 is 1.10 bits per heavy atom. The third-order valence-electron chi connectivity index (χ3n) is 4.30. The van der Waals surface area contributed by atoms with E-state index in [2.05, 4.69) is 10.2 Å². The Hall–Kier alpha value is -1.06. The zero-order valence-corrected chi connectivity index (χ0v) is 13.7. The average molecular weight is 309 g/mol. The van der Waals surface area contributed by atoms with E-state index in [4.69, 9.17) is 11.6 Å². The van der Waals surface area contributed by atoms with Gasteiger partial charge in [0.05, 0.1) is 12.1 Å². The van der Waals surface area contributed by atoms with Gasteiger partial charge in [-0.3, -0.25) is 9.69 Å². The van der Waals surface area contributed by atoms with Crippen molar-refractivity contribution in [2.75, 3.05) is 13.1 Å². The molecule has 0 saturated carbocycles. The minimum absolute atomic E-state index is 0.00388. The van der Waals surface area contributed by atoms with E-state index in [0.29, 0.717) is 0 Å². The molecule has 0 spiro atoms. The topological polar surface area (TPSA) is 32.3 Å². The molecule has 3 nitrogen and oxygen atoms in total. The van der Waals surface area contributed by atoms with Gasteiger partial charge in [-0.15, -0.1) is 0 Å². The van der Waals surface area contributed by atoms with Gasteiger partial charge in [0, 0.05) is 5.02 Å². The van der Waals surface area contributed by atoms with Gasteiger partial charge in [0.1, 0.15) is 0 Å². The molecule has 1 amide bonds. The summed E-state index contributed by atoms with van der Waals surface area (Å²) in [7, 11) is 0. The summed E-state index contributed by atoms with van der Waals surface area (Å²) in [5.41, 5.74) is 1.08. The van der Waals surface area contributed by atoms with Crippen LogP contribution < -0.4 is 5.32 Å². The summed E-state index contributed by atoms with van der Waals surface area (Å²) in [4.78, 5) is 14.7. The standard InChI is InChI=1S/C17H25ClN2O/c1-13(15-7-9-16(18)10-8-15)19-17(21)14(2)20-11-5-3-4-6-12-20/h7-10,13-14H,3-6,11-12H2,1-2H3,(H,19,21). The van der Waals surface area contributed by atoms with Crippen molar-refractivity contribution in [1.82, 2.24) is 10.2 Å². The highest BCUT2D eigenvalue weighted by molar-refractivity contribution is 6.30. The first kappa shape index (κ1) is 16.3. The quantitative estimate of drug-likeness (QED) is 0.918. The number of rotatable bonds is 4. The maximum absolute atomic E-state index is 12.4. The van der Waals surface area contributed by atoms with Crippen molar-refractivity contribution in [3.05, 3.63) is 34.9 Å². The van der Waals surface area contributed by atoms with Crippen molar-refractivity contribution < 1.29 is 4.79 Å². The molecule has 4 heteroatoms. The third-order valence-corrected chi connectivity index (χ3v) is 4.55. The molecule has 0 bridgehead atoms. The smallest absolute Gasteiger partial charge is 0.237 e. The van der Waals surface area contributed by atoms with Gasteiger partial charge in [-0.1, -0.05) is 36.6 Å². The van der Waals surface area contributed by atoms with Crippen LogP contribution in [0.4, 0.5) is 0 Å². The Bertz CT molecular complexity index is 452. The second kappa shape index (κ2) is 7.81. The van der Waals surface area contributed by atoms with E-state index in [0.717, 1.165) is 23.7 Å². The summed E-state index contributed by atoms with van der Waals surface area (Å²) < 4.78 is 0. The lowest BCUT2D eigenvalue weighted by Crippen LogP contribution is -2.46. The Balaban J connectivity index is 1.91. The van der Waals surface area contributed by atoms with Crippen LogP contribution in [0.5, 0.6) is 0 Å². The van der Waals surface area contributed by atoms with Crippen molar-refractivity contribution in [1.29, 1.82) is 0 Å². The highest BCUT2D eigenvalue weighted by Crippen LogP contribution is 2.17. The molecule has 1 aromatic carbocycles. The van der Waals surface area contributed by atoms with Gasteiger partial charge in [0.15, 0.2) is 0 Å². The first-order valence-electron chi connectivity index (χ1n) is 7.88. The molecule has 1 aliphatic heterocycles. The SMILES string of the molecule is CC(NC(=O)C(C)N1CCCCCC1)c1ccc(Cl)cc1. The van der Waals surface area contributed by atoms with E-state index in [1.54, 1.807) is 0 Å². The first-order valence-corrected chi connectivity index (χ1v) is 8.25. The number of carbonyl (C=O) groups excluding carboxylic acids is 1. The molecule has 2 atom stereocenters. The number of carbonyl (C=O) groups is 1. The second-order valence-electron chi connectivity index (χ2n) is 5.91. The van der Waals surface area contributed by atoms with E-state index in [1.165, 1.54) is 25.7 Å². The van der Waals surface area contributed by atoms with Gasteiger partial charge in [-0.05, 0) is 57.5 Å². The molecule has 2 rings (SSSR count). The van der Waals surface area contributed by atoms with Crippen LogP contribution in [0.15, 0.2) is 24.3 Å². The summed E-state index contributed by atoms with van der Waals surface area (Å²) in [6.45, 7) is 6.08.